The van der Waals surface area contributed by atoms with Gasteiger partial charge in [-0.2, -0.15) is 5.26 Å². The molecule has 0 aromatic rings. The van der Waals surface area contributed by atoms with Gasteiger partial charge in [-0.05, 0) is 11.5 Å². The van der Waals surface area contributed by atoms with Crippen LogP contribution in [0.1, 0.15) is 6.42 Å². The molecule has 0 aliphatic heterocycles. The zero-order chi connectivity index (χ0) is 9.19. The minimum absolute atomic E-state index is 0.132. The van der Waals surface area contributed by atoms with Gasteiger partial charge in [-0.15, -0.1) is 0 Å². The first-order chi connectivity index (χ1) is 5.57. The molecule has 0 saturated heterocycles. The molecular weight excluding hydrogens is 160 g/mol. The standard InChI is InChI=1S/C7H7BFNO2/c9-7(5-10)3-1-6(2-4-7)8(11)12/h1-3,11-12H,4H2. The fourth-order valence-electron chi connectivity index (χ4n) is 0.905. The van der Waals surface area contributed by atoms with Crippen molar-refractivity contribution in [2.75, 3.05) is 0 Å². The van der Waals surface area contributed by atoms with E-state index >= 15 is 0 Å². The smallest absolute Gasteiger partial charge is 0.423 e. The molecular formula is C7H7BFNO2. The summed E-state index contributed by atoms with van der Waals surface area (Å²) < 4.78 is 13.1. The lowest BCUT2D eigenvalue weighted by atomic mass is 9.75. The number of allylic oxidation sites excluding steroid dienone is 4. The molecule has 5 heteroatoms. The predicted molar refractivity (Wildman–Crippen MR) is 41.5 cm³/mol. The maximum Gasteiger partial charge on any atom is 0.488 e. The van der Waals surface area contributed by atoms with Gasteiger partial charge in [0.25, 0.3) is 0 Å². The number of nitrogens with zero attached hydrogens (tertiary/aromatic N) is 1. The van der Waals surface area contributed by atoms with E-state index in [1.54, 1.807) is 0 Å². The molecule has 1 aliphatic rings. The molecule has 1 aliphatic carbocycles. The highest BCUT2D eigenvalue weighted by Crippen LogP contribution is 2.24. The molecule has 0 fully saturated rings. The van der Waals surface area contributed by atoms with Crippen molar-refractivity contribution in [3.63, 3.8) is 0 Å². The van der Waals surface area contributed by atoms with E-state index in [-0.39, 0.29) is 11.9 Å². The van der Waals surface area contributed by atoms with Gasteiger partial charge >= 0.3 is 7.12 Å². The van der Waals surface area contributed by atoms with Crippen LogP contribution < -0.4 is 0 Å². The molecule has 0 saturated carbocycles. The Labute approximate surface area is 69.6 Å². The fourth-order valence-corrected chi connectivity index (χ4v) is 0.905. The van der Waals surface area contributed by atoms with E-state index in [9.17, 15) is 4.39 Å². The van der Waals surface area contributed by atoms with Crippen LogP contribution in [-0.2, 0) is 0 Å². The lowest BCUT2D eigenvalue weighted by Gasteiger charge is -2.15. The van der Waals surface area contributed by atoms with Gasteiger partial charge < -0.3 is 10.0 Å². The monoisotopic (exact) mass is 167 g/mol. The molecule has 62 valence electrons. The Balaban J connectivity index is 2.76. The van der Waals surface area contributed by atoms with Crippen LogP contribution >= 0.6 is 0 Å². The maximum atomic E-state index is 13.1. The van der Waals surface area contributed by atoms with E-state index in [1.807, 2.05) is 0 Å². The van der Waals surface area contributed by atoms with E-state index < -0.39 is 12.8 Å². The van der Waals surface area contributed by atoms with Gasteiger partial charge in [0.2, 0.25) is 5.67 Å². The highest BCUT2D eigenvalue weighted by molar-refractivity contribution is 6.51. The Bertz CT molecular complexity index is 282. The molecule has 1 unspecified atom stereocenters. The summed E-state index contributed by atoms with van der Waals surface area (Å²) in [6.07, 6.45) is 3.40. The second kappa shape index (κ2) is 3.09. The number of hydrogen-bond donors (Lipinski definition) is 2. The lowest BCUT2D eigenvalue weighted by Crippen LogP contribution is -2.23. The van der Waals surface area contributed by atoms with Crippen molar-refractivity contribution < 1.29 is 14.4 Å². The Morgan fingerprint density at radius 3 is 2.67 bits per heavy atom. The van der Waals surface area contributed by atoms with E-state index in [0.717, 1.165) is 6.08 Å². The lowest BCUT2D eigenvalue weighted by molar-refractivity contribution is 0.308. The zero-order valence-electron chi connectivity index (χ0n) is 6.24. The number of halogens is 1. The predicted octanol–water partition coefficient (Wildman–Crippen LogP) is 0.117. The highest BCUT2D eigenvalue weighted by Gasteiger charge is 2.29. The quantitative estimate of drug-likeness (QED) is 0.545. The summed E-state index contributed by atoms with van der Waals surface area (Å²) in [5, 5.41) is 25.6. The molecule has 1 atom stereocenters. The summed E-state index contributed by atoms with van der Waals surface area (Å²) in [6.45, 7) is 0. The highest BCUT2D eigenvalue weighted by atomic mass is 19.1. The van der Waals surface area contributed by atoms with Crippen molar-refractivity contribution in [1.82, 2.24) is 0 Å². The first-order valence-corrected chi connectivity index (χ1v) is 3.43. The van der Waals surface area contributed by atoms with Crippen molar-refractivity contribution in [3.8, 4) is 6.07 Å². The number of alkyl halides is 1. The van der Waals surface area contributed by atoms with Crippen LogP contribution in [0.5, 0.6) is 0 Å². The minimum Gasteiger partial charge on any atom is -0.423 e. The largest absolute Gasteiger partial charge is 0.488 e. The Morgan fingerprint density at radius 2 is 2.33 bits per heavy atom. The van der Waals surface area contributed by atoms with E-state index in [4.69, 9.17) is 15.3 Å². The van der Waals surface area contributed by atoms with E-state index in [1.165, 1.54) is 18.2 Å². The molecule has 3 nitrogen and oxygen atoms in total. The fraction of sp³-hybridized carbons (Fsp3) is 0.286. The van der Waals surface area contributed by atoms with Crippen molar-refractivity contribution >= 4 is 7.12 Å². The third kappa shape index (κ3) is 1.73. The zero-order valence-corrected chi connectivity index (χ0v) is 6.24. The topological polar surface area (TPSA) is 64.2 Å². The summed E-state index contributed by atoms with van der Waals surface area (Å²) in [5.41, 5.74) is -1.77. The summed E-state index contributed by atoms with van der Waals surface area (Å²) in [6, 6.07) is 1.48. The number of hydrogen-bond acceptors (Lipinski definition) is 3. The van der Waals surface area contributed by atoms with E-state index in [0.29, 0.717) is 0 Å². The summed E-state index contributed by atoms with van der Waals surface area (Å²) in [4.78, 5) is 0. The second-order valence-electron chi connectivity index (χ2n) is 2.59. The molecule has 2 N–H and O–H groups in total. The van der Waals surface area contributed by atoms with Crippen molar-refractivity contribution in [1.29, 1.82) is 5.26 Å². The summed E-state index contributed by atoms with van der Waals surface area (Å²) >= 11 is 0. The van der Waals surface area contributed by atoms with Gasteiger partial charge in [-0.1, -0.05) is 12.2 Å². The van der Waals surface area contributed by atoms with Crippen LogP contribution in [0.2, 0.25) is 0 Å². The molecule has 0 amide bonds. The SMILES string of the molecule is N#CC1(F)C=CC(B(O)O)=CC1. The average Bonchev–Trinajstić information content (AvgIpc) is 2.05. The second-order valence-corrected chi connectivity index (χ2v) is 2.59. The van der Waals surface area contributed by atoms with Crippen molar-refractivity contribution in [2.45, 2.75) is 12.1 Å². The molecule has 0 heterocycles. The number of rotatable bonds is 1. The average molecular weight is 167 g/mol. The summed E-state index contributed by atoms with van der Waals surface area (Å²) in [5.74, 6) is 0. The van der Waals surface area contributed by atoms with Gasteiger partial charge in [0.1, 0.15) is 6.07 Å². The van der Waals surface area contributed by atoms with Gasteiger partial charge in [-0.25, -0.2) is 4.39 Å². The molecule has 1 rings (SSSR count). The first kappa shape index (κ1) is 8.98. The van der Waals surface area contributed by atoms with Crippen LogP contribution in [0.25, 0.3) is 0 Å². The van der Waals surface area contributed by atoms with Crippen LogP contribution in [-0.4, -0.2) is 22.8 Å². The van der Waals surface area contributed by atoms with Crippen molar-refractivity contribution in [2.24, 2.45) is 0 Å². The van der Waals surface area contributed by atoms with Gasteiger partial charge in [0.15, 0.2) is 0 Å². The third-order valence-electron chi connectivity index (χ3n) is 1.66. The Morgan fingerprint density at radius 1 is 1.67 bits per heavy atom. The minimum atomic E-state index is -1.99. The molecule has 0 aromatic carbocycles. The van der Waals surface area contributed by atoms with Gasteiger partial charge in [0.05, 0.1) is 0 Å². The molecule has 0 radical (unpaired) electrons. The van der Waals surface area contributed by atoms with E-state index in [2.05, 4.69) is 0 Å². The van der Waals surface area contributed by atoms with Crippen LogP contribution in [0.3, 0.4) is 0 Å². The molecule has 12 heavy (non-hydrogen) atoms. The van der Waals surface area contributed by atoms with Crippen LogP contribution in [0.15, 0.2) is 23.7 Å². The molecule has 0 aromatic heterocycles. The maximum absolute atomic E-state index is 13.1. The molecule has 0 bridgehead atoms. The first-order valence-electron chi connectivity index (χ1n) is 3.43. The van der Waals surface area contributed by atoms with Gasteiger partial charge in [0, 0.05) is 6.42 Å². The Kier molecular flexibility index (Phi) is 2.31. The number of nitriles is 1. The molecule has 0 spiro atoms. The third-order valence-corrected chi connectivity index (χ3v) is 1.66. The Hall–Kier alpha value is -1.12. The van der Waals surface area contributed by atoms with Gasteiger partial charge in [-0.3, -0.25) is 0 Å². The van der Waals surface area contributed by atoms with Crippen LogP contribution in [0, 0.1) is 11.3 Å². The normalized spacial score (nSPS) is 27.7. The van der Waals surface area contributed by atoms with Crippen molar-refractivity contribution in [3.05, 3.63) is 23.7 Å². The van der Waals surface area contributed by atoms with Crippen LogP contribution in [0.4, 0.5) is 4.39 Å². The summed E-state index contributed by atoms with van der Waals surface area (Å²) in [7, 11) is -1.59.